The van der Waals surface area contributed by atoms with Crippen molar-refractivity contribution < 1.29 is 4.74 Å². The first-order valence-corrected chi connectivity index (χ1v) is 12.9. The summed E-state index contributed by atoms with van der Waals surface area (Å²) < 4.78 is 6.44. The first kappa shape index (κ1) is 21.7. The van der Waals surface area contributed by atoms with Crippen LogP contribution in [-0.4, -0.2) is 12.2 Å². The molecule has 0 aromatic heterocycles. The number of unbranched alkanes of at least 4 members (excludes halogenated alkanes) is 1. The van der Waals surface area contributed by atoms with Gasteiger partial charge in [-0.15, -0.1) is 0 Å². The number of hydrogen-bond donors (Lipinski definition) is 0. The minimum absolute atomic E-state index is 0.273. The molecule has 3 aliphatic rings. The first-order chi connectivity index (χ1) is 13.3. The van der Waals surface area contributed by atoms with Crippen molar-refractivity contribution in [3.63, 3.8) is 0 Å². The van der Waals surface area contributed by atoms with Crippen LogP contribution in [0.3, 0.4) is 0 Å². The molecule has 158 valence electrons. The third-order valence-corrected chi connectivity index (χ3v) is 8.64. The van der Waals surface area contributed by atoms with Crippen molar-refractivity contribution in [2.45, 2.75) is 135 Å². The van der Waals surface area contributed by atoms with E-state index in [4.69, 9.17) is 4.74 Å². The van der Waals surface area contributed by atoms with Crippen LogP contribution in [0.25, 0.3) is 0 Å². The van der Waals surface area contributed by atoms with Crippen molar-refractivity contribution in [1.29, 1.82) is 0 Å². The molecule has 1 heteroatoms. The molecule has 3 aliphatic carbocycles. The van der Waals surface area contributed by atoms with Crippen LogP contribution in [0.4, 0.5) is 0 Å². The van der Waals surface area contributed by atoms with E-state index in [0.29, 0.717) is 0 Å². The second-order valence-electron chi connectivity index (χ2n) is 10.4. The number of hydrogen-bond acceptors (Lipinski definition) is 1. The highest BCUT2D eigenvalue weighted by atomic mass is 16.5. The highest BCUT2D eigenvalue weighted by Crippen LogP contribution is 2.46. The molecule has 0 aromatic rings. The first-order valence-electron chi connectivity index (χ1n) is 12.9. The van der Waals surface area contributed by atoms with E-state index in [2.05, 4.69) is 13.8 Å². The van der Waals surface area contributed by atoms with Gasteiger partial charge in [0.2, 0.25) is 0 Å². The second-order valence-corrected chi connectivity index (χ2v) is 10.4. The molecule has 0 heterocycles. The van der Waals surface area contributed by atoms with Gasteiger partial charge in [-0.2, -0.15) is 0 Å². The van der Waals surface area contributed by atoms with E-state index in [1.54, 1.807) is 0 Å². The van der Waals surface area contributed by atoms with Crippen molar-refractivity contribution in [3.8, 4) is 0 Å². The summed E-state index contributed by atoms with van der Waals surface area (Å²) in [6, 6.07) is 0. The zero-order valence-corrected chi connectivity index (χ0v) is 18.7. The van der Waals surface area contributed by atoms with Crippen LogP contribution >= 0.6 is 0 Å². The lowest BCUT2D eigenvalue weighted by molar-refractivity contribution is -0.117. The molecular weight excluding hydrogens is 328 g/mol. The molecule has 3 rings (SSSR count). The third kappa shape index (κ3) is 6.22. The summed E-state index contributed by atoms with van der Waals surface area (Å²) in [6.07, 6.45) is 26.4. The number of rotatable bonds is 9. The SMILES string of the molecule is CCCC[C@H]1CC[C@H](CC[C@H]2CC[C@H](C3(OCC)CCCCC3)CC2)CC1. The molecule has 3 saturated carbocycles. The third-order valence-electron chi connectivity index (χ3n) is 8.64. The van der Waals surface area contributed by atoms with Gasteiger partial charge in [-0.25, -0.2) is 0 Å². The Labute approximate surface area is 170 Å². The van der Waals surface area contributed by atoms with Gasteiger partial charge in [0, 0.05) is 6.61 Å². The van der Waals surface area contributed by atoms with E-state index < -0.39 is 0 Å². The van der Waals surface area contributed by atoms with Crippen LogP contribution in [0, 0.1) is 23.7 Å². The smallest absolute Gasteiger partial charge is 0.0710 e. The van der Waals surface area contributed by atoms with E-state index in [9.17, 15) is 0 Å². The Hall–Kier alpha value is -0.0400. The molecule has 0 atom stereocenters. The average Bonchev–Trinajstić information content (AvgIpc) is 2.73. The standard InChI is InChI=1S/C26H48O/c1-3-5-9-22-10-12-23(13-11-22)14-15-24-16-18-25(19-17-24)26(27-4-2)20-7-6-8-21-26/h22-25H,3-21H2,1-2H3/t22-,23-,24-,25-. The van der Waals surface area contributed by atoms with Crippen LogP contribution in [-0.2, 0) is 4.74 Å². The minimum atomic E-state index is 0.273. The molecule has 0 saturated heterocycles. The lowest BCUT2D eigenvalue weighted by Crippen LogP contribution is -2.44. The summed E-state index contributed by atoms with van der Waals surface area (Å²) in [4.78, 5) is 0. The maximum absolute atomic E-state index is 6.44. The summed E-state index contributed by atoms with van der Waals surface area (Å²) in [7, 11) is 0. The summed E-state index contributed by atoms with van der Waals surface area (Å²) in [5, 5.41) is 0. The van der Waals surface area contributed by atoms with Crippen LogP contribution in [0.15, 0.2) is 0 Å². The Balaban J connectivity index is 1.35. The monoisotopic (exact) mass is 376 g/mol. The number of ether oxygens (including phenoxy) is 1. The topological polar surface area (TPSA) is 9.23 Å². The lowest BCUT2D eigenvalue weighted by atomic mass is 9.67. The predicted octanol–water partition coefficient (Wildman–Crippen LogP) is 8.31. The molecule has 0 N–H and O–H groups in total. The summed E-state index contributed by atoms with van der Waals surface area (Å²) in [5.74, 6) is 4.03. The van der Waals surface area contributed by atoms with Crippen LogP contribution in [0.1, 0.15) is 129 Å². The average molecular weight is 377 g/mol. The van der Waals surface area contributed by atoms with Gasteiger partial charge in [-0.05, 0) is 56.3 Å². The van der Waals surface area contributed by atoms with E-state index >= 15 is 0 Å². The van der Waals surface area contributed by atoms with Gasteiger partial charge in [-0.3, -0.25) is 0 Å². The molecule has 1 nitrogen and oxygen atoms in total. The van der Waals surface area contributed by atoms with Gasteiger partial charge in [0.1, 0.15) is 0 Å². The van der Waals surface area contributed by atoms with Gasteiger partial charge in [0.15, 0.2) is 0 Å². The lowest BCUT2D eigenvalue weighted by Gasteiger charge is -2.46. The Kier molecular flexibility index (Phi) is 9.01. The minimum Gasteiger partial charge on any atom is -0.375 e. The molecular formula is C26H48O. The summed E-state index contributed by atoms with van der Waals surface area (Å²) in [5.41, 5.74) is 0.273. The Morgan fingerprint density at radius 1 is 0.667 bits per heavy atom. The molecule has 0 radical (unpaired) electrons. The fraction of sp³-hybridized carbons (Fsp3) is 1.00. The van der Waals surface area contributed by atoms with Crippen molar-refractivity contribution in [2.75, 3.05) is 6.61 Å². The van der Waals surface area contributed by atoms with E-state index in [1.165, 1.54) is 116 Å². The van der Waals surface area contributed by atoms with Crippen LogP contribution in [0.5, 0.6) is 0 Å². The zero-order valence-electron chi connectivity index (χ0n) is 18.7. The maximum Gasteiger partial charge on any atom is 0.0710 e. The summed E-state index contributed by atoms with van der Waals surface area (Å²) >= 11 is 0. The second kappa shape index (κ2) is 11.2. The molecule has 3 fully saturated rings. The fourth-order valence-corrected chi connectivity index (χ4v) is 6.86. The van der Waals surface area contributed by atoms with Gasteiger partial charge in [-0.1, -0.05) is 96.8 Å². The fourth-order valence-electron chi connectivity index (χ4n) is 6.86. The Morgan fingerprint density at radius 3 is 1.70 bits per heavy atom. The molecule has 0 unspecified atom stereocenters. The molecule has 0 bridgehead atoms. The van der Waals surface area contributed by atoms with E-state index in [1.807, 2.05) is 0 Å². The molecule has 0 aromatic carbocycles. The highest BCUT2D eigenvalue weighted by molar-refractivity contribution is 4.93. The van der Waals surface area contributed by atoms with Crippen molar-refractivity contribution in [3.05, 3.63) is 0 Å². The van der Waals surface area contributed by atoms with Gasteiger partial charge in [0.25, 0.3) is 0 Å². The Bertz CT molecular complexity index is 376. The predicted molar refractivity (Wildman–Crippen MR) is 117 cm³/mol. The molecule has 0 spiro atoms. The van der Waals surface area contributed by atoms with Gasteiger partial charge < -0.3 is 4.74 Å². The summed E-state index contributed by atoms with van der Waals surface area (Å²) in [6.45, 7) is 5.46. The van der Waals surface area contributed by atoms with Crippen molar-refractivity contribution in [1.82, 2.24) is 0 Å². The van der Waals surface area contributed by atoms with Crippen LogP contribution in [0.2, 0.25) is 0 Å². The largest absolute Gasteiger partial charge is 0.375 e. The van der Waals surface area contributed by atoms with Gasteiger partial charge in [0.05, 0.1) is 5.60 Å². The Morgan fingerprint density at radius 2 is 1.19 bits per heavy atom. The molecule has 0 aliphatic heterocycles. The quantitative estimate of drug-likeness (QED) is 0.393. The van der Waals surface area contributed by atoms with Gasteiger partial charge >= 0.3 is 0 Å². The highest BCUT2D eigenvalue weighted by Gasteiger charge is 2.41. The van der Waals surface area contributed by atoms with E-state index in [-0.39, 0.29) is 5.60 Å². The van der Waals surface area contributed by atoms with Crippen molar-refractivity contribution >= 4 is 0 Å². The normalized spacial score (nSPS) is 34.4. The van der Waals surface area contributed by atoms with E-state index in [0.717, 1.165) is 30.3 Å². The van der Waals surface area contributed by atoms with Crippen molar-refractivity contribution in [2.24, 2.45) is 23.7 Å². The molecule has 0 amide bonds. The molecule has 27 heavy (non-hydrogen) atoms. The maximum atomic E-state index is 6.44. The zero-order chi connectivity index (χ0) is 19.0. The van der Waals surface area contributed by atoms with Crippen LogP contribution < -0.4 is 0 Å².